The van der Waals surface area contributed by atoms with Crippen molar-refractivity contribution >= 4 is 17.8 Å². The number of hydrogen-bond acceptors (Lipinski definition) is 3. The Labute approximate surface area is 129 Å². The van der Waals surface area contributed by atoms with E-state index >= 15 is 0 Å². The molecule has 1 aliphatic heterocycles. The molecule has 0 bridgehead atoms. The number of nitrogens with zero attached hydrogens (tertiary/aromatic N) is 1. The van der Waals surface area contributed by atoms with E-state index in [0.29, 0.717) is 13.0 Å². The molecule has 118 valence electrons. The van der Waals surface area contributed by atoms with Crippen LogP contribution in [0.1, 0.15) is 32.3 Å². The van der Waals surface area contributed by atoms with Crippen molar-refractivity contribution in [2.24, 2.45) is 0 Å². The van der Waals surface area contributed by atoms with Gasteiger partial charge < -0.3 is 10.6 Å². The molecule has 0 aromatic heterocycles. The smallest absolute Gasteiger partial charge is 0.325 e. The molecule has 2 rings (SSSR count). The minimum Gasteiger partial charge on any atom is -0.352 e. The first-order valence-corrected chi connectivity index (χ1v) is 7.35. The summed E-state index contributed by atoms with van der Waals surface area (Å²) < 4.78 is 0. The third-order valence-corrected chi connectivity index (χ3v) is 3.56. The van der Waals surface area contributed by atoms with Gasteiger partial charge in [0.2, 0.25) is 5.91 Å². The fourth-order valence-corrected chi connectivity index (χ4v) is 2.30. The summed E-state index contributed by atoms with van der Waals surface area (Å²) in [5, 5.41) is 5.43. The monoisotopic (exact) mass is 303 g/mol. The van der Waals surface area contributed by atoms with Gasteiger partial charge >= 0.3 is 6.03 Å². The number of carbonyl (C=O) groups is 3. The maximum absolute atomic E-state index is 12.0. The van der Waals surface area contributed by atoms with E-state index < -0.39 is 5.54 Å². The molecule has 6 nitrogen and oxygen atoms in total. The normalized spacial score (nSPS) is 16.5. The highest BCUT2D eigenvalue weighted by Gasteiger charge is 2.43. The molecule has 0 atom stereocenters. The number of hydrogen-bond donors (Lipinski definition) is 2. The number of amides is 4. The van der Waals surface area contributed by atoms with Gasteiger partial charge in [-0.2, -0.15) is 0 Å². The van der Waals surface area contributed by atoms with E-state index in [9.17, 15) is 14.4 Å². The van der Waals surface area contributed by atoms with Crippen LogP contribution < -0.4 is 10.6 Å². The summed E-state index contributed by atoms with van der Waals surface area (Å²) in [7, 11) is 0. The van der Waals surface area contributed by atoms with Gasteiger partial charge in [-0.05, 0) is 25.8 Å². The summed E-state index contributed by atoms with van der Waals surface area (Å²) in [6, 6.07) is 9.25. The zero-order valence-corrected chi connectivity index (χ0v) is 12.9. The van der Waals surface area contributed by atoms with Crippen LogP contribution in [-0.4, -0.2) is 34.8 Å². The van der Waals surface area contributed by atoms with Crippen LogP contribution in [0.5, 0.6) is 0 Å². The molecular formula is C16H21N3O3. The Bertz CT molecular complexity index is 569. The van der Waals surface area contributed by atoms with Crippen molar-refractivity contribution in [2.75, 3.05) is 6.54 Å². The molecule has 1 heterocycles. The molecular weight excluding hydrogens is 282 g/mol. The fraction of sp³-hybridized carbons (Fsp3) is 0.438. The Balaban J connectivity index is 1.71. The van der Waals surface area contributed by atoms with Gasteiger partial charge in [0.25, 0.3) is 5.91 Å². The van der Waals surface area contributed by atoms with Gasteiger partial charge in [0.1, 0.15) is 5.54 Å². The van der Waals surface area contributed by atoms with E-state index in [1.165, 1.54) is 4.90 Å². The van der Waals surface area contributed by atoms with Gasteiger partial charge in [-0.1, -0.05) is 30.3 Å². The summed E-state index contributed by atoms with van der Waals surface area (Å²) in [4.78, 5) is 36.6. The number of carbonyl (C=O) groups excluding carboxylic acids is 3. The van der Waals surface area contributed by atoms with E-state index in [1.54, 1.807) is 13.8 Å². The van der Waals surface area contributed by atoms with E-state index in [4.69, 9.17) is 0 Å². The quantitative estimate of drug-likeness (QED) is 0.780. The molecule has 1 fully saturated rings. The average Bonchev–Trinajstić information content (AvgIpc) is 2.68. The van der Waals surface area contributed by atoms with Gasteiger partial charge in [0, 0.05) is 19.5 Å². The van der Waals surface area contributed by atoms with Crippen molar-refractivity contribution < 1.29 is 14.4 Å². The Kier molecular flexibility index (Phi) is 4.80. The summed E-state index contributed by atoms with van der Waals surface area (Å²) in [5.74, 6) is -0.336. The largest absolute Gasteiger partial charge is 0.352 e. The molecule has 6 heteroatoms. The molecule has 0 radical (unpaired) electrons. The third-order valence-electron chi connectivity index (χ3n) is 3.56. The van der Waals surface area contributed by atoms with Crippen LogP contribution in [0.15, 0.2) is 30.3 Å². The maximum Gasteiger partial charge on any atom is 0.325 e. The predicted molar refractivity (Wildman–Crippen MR) is 81.8 cm³/mol. The van der Waals surface area contributed by atoms with Crippen LogP contribution in [0.3, 0.4) is 0 Å². The molecule has 0 unspecified atom stereocenters. The van der Waals surface area contributed by atoms with Crippen molar-refractivity contribution in [3.05, 3.63) is 35.9 Å². The SMILES string of the molecule is CC1(C)NC(=O)N(CCCC(=O)NCc2ccccc2)C1=O. The molecule has 0 spiro atoms. The number of urea groups is 1. The fourth-order valence-electron chi connectivity index (χ4n) is 2.30. The van der Waals surface area contributed by atoms with Crippen LogP contribution >= 0.6 is 0 Å². The highest BCUT2D eigenvalue weighted by molar-refractivity contribution is 6.06. The highest BCUT2D eigenvalue weighted by atomic mass is 16.2. The number of imide groups is 1. The number of benzene rings is 1. The van der Waals surface area contributed by atoms with E-state index in [0.717, 1.165) is 5.56 Å². The van der Waals surface area contributed by atoms with Crippen LogP contribution in [-0.2, 0) is 16.1 Å². The third kappa shape index (κ3) is 3.84. The standard InChI is InChI=1S/C16H21N3O3/c1-16(2)14(21)19(15(22)18-16)10-6-9-13(20)17-11-12-7-4-3-5-8-12/h3-5,7-8H,6,9-11H2,1-2H3,(H,17,20)(H,18,22). The second-order valence-electron chi connectivity index (χ2n) is 5.88. The Morgan fingerprint density at radius 1 is 1.23 bits per heavy atom. The van der Waals surface area contributed by atoms with Gasteiger partial charge in [-0.15, -0.1) is 0 Å². The topological polar surface area (TPSA) is 78.5 Å². The Morgan fingerprint density at radius 2 is 1.91 bits per heavy atom. The van der Waals surface area contributed by atoms with E-state index in [-0.39, 0.29) is 30.8 Å². The van der Waals surface area contributed by atoms with Gasteiger partial charge in [-0.3, -0.25) is 14.5 Å². The summed E-state index contributed by atoms with van der Waals surface area (Å²) in [5.41, 5.74) is 0.179. The van der Waals surface area contributed by atoms with E-state index in [1.807, 2.05) is 30.3 Å². The maximum atomic E-state index is 12.0. The lowest BCUT2D eigenvalue weighted by molar-refractivity contribution is -0.130. The van der Waals surface area contributed by atoms with Crippen molar-refractivity contribution in [3.63, 3.8) is 0 Å². The summed E-state index contributed by atoms with van der Waals surface area (Å²) in [6.07, 6.45) is 0.736. The first-order chi connectivity index (χ1) is 10.4. The minimum absolute atomic E-state index is 0.0878. The minimum atomic E-state index is -0.855. The van der Waals surface area contributed by atoms with Crippen molar-refractivity contribution in [1.29, 1.82) is 0 Å². The molecule has 0 aliphatic carbocycles. The summed E-state index contributed by atoms with van der Waals surface area (Å²) in [6.45, 7) is 4.07. The second kappa shape index (κ2) is 6.60. The molecule has 1 saturated heterocycles. The summed E-state index contributed by atoms with van der Waals surface area (Å²) >= 11 is 0. The van der Waals surface area contributed by atoms with Crippen LogP contribution in [0, 0.1) is 0 Å². The molecule has 1 aromatic carbocycles. The van der Waals surface area contributed by atoms with Gasteiger partial charge in [-0.25, -0.2) is 4.79 Å². The van der Waals surface area contributed by atoms with Crippen LogP contribution in [0.2, 0.25) is 0 Å². The van der Waals surface area contributed by atoms with Crippen molar-refractivity contribution in [2.45, 2.75) is 38.8 Å². The lowest BCUT2D eigenvalue weighted by Crippen LogP contribution is -2.40. The molecule has 1 aromatic rings. The Hall–Kier alpha value is -2.37. The molecule has 22 heavy (non-hydrogen) atoms. The Morgan fingerprint density at radius 3 is 2.50 bits per heavy atom. The lowest BCUT2D eigenvalue weighted by Gasteiger charge is -2.15. The number of rotatable bonds is 6. The van der Waals surface area contributed by atoms with Gasteiger partial charge in [0.15, 0.2) is 0 Å². The second-order valence-corrected chi connectivity index (χ2v) is 5.88. The highest BCUT2D eigenvalue weighted by Crippen LogP contribution is 2.16. The van der Waals surface area contributed by atoms with Crippen molar-refractivity contribution in [1.82, 2.24) is 15.5 Å². The zero-order chi connectivity index (χ0) is 16.2. The first-order valence-electron chi connectivity index (χ1n) is 7.35. The van der Waals surface area contributed by atoms with Gasteiger partial charge in [0.05, 0.1) is 0 Å². The predicted octanol–water partition coefficient (Wildman–Crippen LogP) is 1.41. The lowest BCUT2D eigenvalue weighted by atomic mass is 10.1. The molecule has 2 N–H and O–H groups in total. The average molecular weight is 303 g/mol. The molecule has 0 saturated carbocycles. The van der Waals surface area contributed by atoms with E-state index in [2.05, 4.69) is 10.6 Å². The van der Waals surface area contributed by atoms with Crippen LogP contribution in [0.4, 0.5) is 4.79 Å². The molecule has 1 aliphatic rings. The van der Waals surface area contributed by atoms with Crippen molar-refractivity contribution in [3.8, 4) is 0 Å². The number of nitrogens with one attached hydrogen (secondary N) is 2. The van der Waals surface area contributed by atoms with Crippen LogP contribution in [0.25, 0.3) is 0 Å². The zero-order valence-electron chi connectivity index (χ0n) is 12.9. The molecule has 4 amide bonds. The first kappa shape index (κ1) is 16.0.